The summed E-state index contributed by atoms with van der Waals surface area (Å²) >= 11 is 12.2. The lowest BCUT2D eigenvalue weighted by Gasteiger charge is -2.13. The summed E-state index contributed by atoms with van der Waals surface area (Å²) in [6.07, 6.45) is 1.48. The molecular formula is C23H21Cl2N5O2. The molecule has 0 bridgehead atoms. The summed E-state index contributed by atoms with van der Waals surface area (Å²) in [4.78, 5) is 26.3. The molecule has 0 saturated heterocycles. The molecule has 3 amide bonds. The minimum Gasteiger partial charge on any atom is -0.378 e. The minimum absolute atomic E-state index is 0.386. The average Bonchev–Trinajstić information content (AvgIpc) is 2.75. The van der Waals surface area contributed by atoms with Gasteiger partial charge in [0.15, 0.2) is 0 Å². The van der Waals surface area contributed by atoms with Crippen LogP contribution in [0, 0.1) is 0 Å². The molecule has 0 aliphatic heterocycles. The van der Waals surface area contributed by atoms with E-state index in [1.54, 1.807) is 48.5 Å². The van der Waals surface area contributed by atoms with E-state index in [0.29, 0.717) is 32.5 Å². The molecule has 3 N–H and O–H groups in total. The fourth-order valence-corrected chi connectivity index (χ4v) is 3.10. The Morgan fingerprint density at radius 1 is 0.906 bits per heavy atom. The van der Waals surface area contributed by atoms with E-state index in [-0.39, 0.29) is 0 Å². The number of hydrogen-bond acceptors (Lipinski definition) is 4. The lowest BCUT2D eigenvalue weighted by Crippen LogP contribution is -2.20. The number of nitrogens with zero attached hydrogens (tertiary/aromatic N) is 2. The van der Waals surface area contributed by atoms with Crippen molar-refractivity contribution >= 4 is 58.4 Å². The summed E-state index contributed by atoms with van der Waals surface area (Å²) in [5, 5.41) is 10.4. The van der Waals surface area contributed by atoms with Crippen LogP contribution in [0.5, 0.6) is 0 Å². The highest BCUT2D eigenvalue weighted by Gasteiger charge is 2.07. The predicted octanol–water partition coefficient (Wildman–Crippen LogP) is 5.47. The van der Waals surface area contributed by atoms with Gasteiger partial charge in [-0.3, -0.25) is 4.79 Å². The minimum atomic E-state index is -0.425. The second-order valence-electron chi connectivity index (χ2n) is 6.97. The van der Waals surface area contributed by atoms with Crippen molar-refractivity contribution in [2.24, 2.45) is 5.10 Å². The van der Waals surface area contributed by atoms with Crippen molar-refractivity contribution in [3.8, 4) is 0 Å². The molecule has 32 heavy (non-hydrogen) atoms. The van der Waals surface area contributed by atoms with Gasteiger partial charge in [-0.05, 0) is 60.7 Å². The van der Waals surface area contributed by atoms with Crippen LogP contribution in [0.1, 0.15) is 15.9 Å². The van der Waals surface area contributed by atoms with Crippen molar-refractivity contribution in [3.63, 3.8) is 0 Å². The maximum Gasteiger partial charge on any atom is 0.323 e. The van der Waals surface area contributed by atoms with Crippen molar-refractivity contribution in [2.45, 2.75) is 0 Å². The van der Waals surface area contributed by atoms with Gasteiger partial charge in [-0.15, -0.1) is 0 Å². The summed E-state index contributed by atoms with van der Waals surface area (Å²) in [6.45, 7) is 0. The van der Waals surface area contributed by atoms with Gasteiger partial charge >= 0.3 is 6.03 Å². The van der Waals surface area contributed by atoms with E-state index < -0.39 is 11.9 Å². The van der Waals surface area contributed by atoms with Crippen LogP contribution >= 0.6 is 23.2 Å². The summed E-state index contributed by atoms with van der Waals surface area (Å²) in [7, 11) is 3.85. The largest absolute Gasteiger partial charge is 0.378 e. The molecule has 7 nitrogen and oxygen atoms in total. The fraction of sp³-hybridized carbons (Fsp3) is 0.0870. The van der Waals surface area contributed by atoms with Gasteiger partial charge in [-0.1, -0.05) is 29.3 Å². The predicted molar refractivity (Wildman–Crippen MR) is 131 cm³/mol. The average molecular weight is 470 g/mol. The Hall–Kier alpha value is -3.55. The number of amides is 3. The molecule has 0 aliphatic carbocycles. The Morgan fingerprint density at radius 2 is 1.62 bits per heavy atom. The summed E-state index contributed by atoms with van der Waals surface area (Å²) in [6, 6.07) is 18.3. The summed E-state index contributed by atoms with van der Waals surface area (Å²) < 4.78 is 0. The third kappa shape index (κ3) is 6.47. The van der Waals surface area contributed by atoms with E-state index in [4.69, 9.17) is 23.2 Å². The number of carbonyl (C=O) groups excluding carboxylic acids is 2. The zero-order chi connectivity index (χ0) is 23.1. The van der Waals surface area contributed by atoms with Crippen LogP contribution in [0.3, 0.4) is 0 Å². The number of rotatable bonds is 6. The topological polar surface area (TPSA) is 85.8 Å². The molecule has 164 valence electrons. The molecule has 0 radical (unpaired) electrons. The third-order valence-electron chi connectivity index (χ3n) is 4.36. The molecule has 0 spiro atoms. The van der Waals surface area contributed by atoms with Gasteiger partial charge in [0.05, 0.1) is 11.2 Å². The van der Waals surface area contributed by atoms with Gasteiger partial charge in [0.1, 0.15) is 0 Å². The van der Waals surface area contributed by atoms with Crippen LogP contribution in [0.15, 0.2) is 71.8 Å². The first-order valence-corrected chi connectivity index (χ1v) is 10.3. The van der Waals surface area contributed by atoms with E-state index in [1.807, 2.05) is 37.2 Å². The first kappa shape index (κ1) is 23.1. The normalized spacial score (nSPS) is 10.6. The molecular weight excluding hydrogens is 449 g/mol. The highest BCUT2D eigenvalue weighted by molar-refractivity contribution is 6.33. The van der Waals surface area contributed by atoms with Gasteiger partial charge in [-0.25, -0.2) is 10.2 Å². The van der Waals surface area contributed by atoms with Crippen molar-refractivity contribution in [3.05, 3.63) is 87.9 Å². The molecule has 0 aliphatic rings. The number of carbonyl (C=O) groups is 2. The van der Waals surface area contributed by atoms with Gasteiger partial charge in [0, 0.05) is 47.3 Å². The zero-order valence-electron chi connectivity index (χ0n) is 17.4. The zero-order valence-corrected chi connectivity index (χ0v) is 18.9. The number of anilines is 3. The van der Waals surface area contributed by atoms with E-state index >= 15 is 0 Å². The van der Waals surface area contributed by atoms with Crippen molar-refractivity contribution in [1.82, 2.24) is 5.43 Å². The second-order valence-corrected chi connectivity index (χ2v) is 7.81. The summed E-state index contributed by atoms with van der Waals surface area (Å²) in [5.41, 5.74) is 5.59. The van der Waals surface area contributed by atoms with E-state index in [1.165, 1.54) is 6.21 Å². The van der Waals surface area contributed by atoms with E-state index in [2.05, 4.69) is 21.2 Å². The van der Waals surface area contributed by atoms with Crippen LogP contribution in [0.25, 0.3) is 0 Å². The van der Waals surface area contributed by atoms with Crippen molar-refractivity contribution in [2.75, 3.05) is 29.6 Å². The maximum absolute atomic E-state index is 12.3. The van der Waals surface area contributed by atoms with Crippen molar-refractivity contribution in [1.29, 1.82) is 0 Å². The SMILES string of the molecule is CN(C)c1ccc(/C=N\NC(=O)c2ccc(NC(=O)Nc3cccc(Cl)c3)cc2)c(Cl)c1. The molecule has 0 saturated carbocycles. The van der Waals surface area contributed by atoms with Gasteiger partial charge in [-0.2, -0.15) is 5.10 Å². The van der Waals surface area contributed by atoms with Gasteiger partial charge in [0.25, 0.3) is 5.91 Å². The molecule has 9 heteroatoms. The Balaban J connectivity index is 1.54. The molecule has 3 aromatic carbocycles. The Labute approximate surface area is 196 Å². The molecule has 0 unspecified atom stereocenters. The van der Waals surface area contributed by atoms with Crippen LogP contribution < -0.4 is 21.0 Å². The summed E-state index contributed by atoms with van der Waals surface area (Å²) in [5.74, 6) is -0.391. The molecule has 0 fully saturated rings. The van der Waals surface area contributed by atoms with Crippen molar-refractivity contribution < 1.29 is 9.59 Å². The molecule has 3 rings (SSSR count). The monoisotopic (exact) mass is 469 g/mol. The molecule has 3 aromatic rings. The lowest BCUT2D eigenvalue weighted by molar-refractivity contribution is 0.0955. The first-order valence-electron chi connectivity index (χ1n) is 9.56. The van der Waals surface area contributed by atoms with Gasteiger partial charge in [0.2, 0.25) is 0 Å². The third-order valence-corrected chi connectivity index (χ3v) is 4.92. The van der Waals surface area contributed by atoms with E-state index in [0.717, 1.165) is 5.69 Å². The van der Waals surface area contributed by atoms with Crippen LogP contribution in [0.4, 0.5) is 21.9 Å². The van der Waals surface area contributed by atoms with Gasteiger partial charge < -0.3 is 15.5 Å². The molecule has 0 heterocycles. The standard InChI is InChI=1S/C23H21Cl2N5O2/c1-30(2)20-11-8-16(21(25)13-20)14-26-29-22(31)15-6-9-18(10-7-15)27-23(32)28-19-5-3-4-17(24)12-19/h3-14H,1-2H3,(H,29,31)(H2,27,28,32)/b26-14-. The Bertz CT molecular complexity index is 1150. The number of nitrogens with one attached hydrogen (secondary N) is 3. The first-order chi connectivity index (χ1) is 15.3. The Morgan fingerprint density at radius 3 is 2.28 bits per heavy atom. The molecule has 0 aromatic heterocycles. The lowest BCUT2D eigenvalue weighted by atomic mass is 10.2. The van der Waals surface area contributed by atoms with E-state index in [9.17, 15) is 9.59 Å². The van der Waals surface area contributed by atoms with Crippen LogP contribution in [-0.2, 0) is 0 Å². The number of benzene rings is 3. The number of urea groups is 1. The highest BCUT2D eigenvalue weighted by Crippen LogP contribution is 2.21. The maximum atomic E-state index is 12.3. The second kappa shape index (κ2) is 10.7. The van der Waals surface area contributed by atoms with Crippen LogP contribution in [0.2, 0.25) is 10.0 Å². The molecule has 0 atom stereocenters. The Kier molecular flexibility index (Phi) is 7.70. The quantitative estimate of drug-likeness (QED) is 0.330. The number of hydrogen-bond donors (Lipinski definition) is 3. The smallest absolute Gasteiger partial charge is 0.323 e. The highest BCUT2D eigenvalue weighted by atomic mass is 35.5. The number of halogens is 2. The fourth-order valence-electron chi connectivity index (χ4n) is 2.69. The van der Waals surface area contributed by atoms with Crippen LogP contribution in [-0.4, -0.2) is 32.2 Å². The number of hydrazone groups is 1.